The fourth-order valence-corrected chi connectivity index (χ4v) is 5.81. The Bertz CT molecular complexity index is 1050. The van der Waals surface area contributed by atoms with E-state index in [9.17, 15) is 18.5 Å². The van der Waals surface area contributed by atoms with Crippen molar-refractivity contribution in [3.05, 3.63) is 50.6 Å². The zero-order chi connectivity index (χ0) is 20.1. The van der Waals surface area contributed by atoms with E-state index in [-0.39, 0.29) is 10.5 Å². The maximum atomic E-state index is 12.8. The lowest BCUT2D eigenvalue weighted by atomic mass is 10.2. The number of nitriles is 1. The molecule has 0 unspecified atom stereocenters. The van der Waals surface area contributed by atoms with Crippen LogP contribution in [0.1, 0.15) is 24.1 Å². The number of amides is 1. The Morgan fingerprint density at radius 1 is 1.21 bits per heavy atom. The van der Waals surface area contributed by atoms with Crippen molar-refractivity contribution in [2.75, 3.05) is 18.4 Å². The van der Waals surface area contributed by atoms with Crippen molar-refractivity contribution in [2.24, 2.45) is 0 Å². The van der Waals surface area contributed by atoms with Gasteiger partial charge in [-0.25, -0.2) is 8.42 Å². The number of anilines is 1. The van der Waals surface area contributed by atoms with Crippen LogP contribution >= 0.6 is 27.3 Å². The number of nitrogens with one attached hydrogen (secondary N) is 1. The molecule has 146 valence electrons. The Morgan fingerprint density at radius 3 is 2.61 bits per heavy atom. The highest BCUT2D eigenvalue weighted by Crippen LogP contribution is 2.25. The van der Waals surface area contributed by atoms with Gasteiger partial charge in [0.05, 0.1) is 8.68 Å². The molecule has 0 bridgehead atoms. The number of hydrogen-bond donors (Lipinski definition) is 1. The van der Waals surface area contributed by atoms with Crippen LogP contribution in [0, 0.1) is 11.3 Å². The molecule has 2 aromatic rings. The number of carbonyl (C=O) groups excluding carboxylic acids is 1. The standard InChI is InChI=1S/C19H18BrN3O3S2/c20-18-8-7-16(27-18)11-14(13-21)19(24)22-15-5-4-6-17(12-15)28(25,26)23-9-2-1-3-10-23/h4-8,11-12H,1-3,9-10H2,(H,22,24)/b14-11+. The molecule has 0 atom stereocenters. The van der Waals surface area contributed by atoms with Crippen LogP contribution in [-0.2, 0) is 14.8 Å². The first-order valence-electron chi connectivity index (χ1n) is 8.69. The summed E-state index contributed by atoms with van der Waals surface area (Å²) in [5.41, 5.74) is 0.273. The molecular weight excluding hydrogens is 462 g/mol. The van der Waals surface area contributed by atoms with Gasteiger partial charge in [-0.05, 0) is 65.2 Å². The van der Waals surface area contributed by atoms with Crippen LogP contribution in [0.3, 0.4) is 0 Å². The number of sulfonamides is 1. The molecule has 1 aliphatic heterocycles. The highest BCUT2D eigenvalue weighted by molar-refractivity contribution is 9.11. The summed E-state index contributed by atoms with van der Waals surface area (Å²) in [6.45, 7) is 1.02. The van der Waals surface area contributed by atoms with E-state index in [1.165, 1.54) is 33.9 Å². The van der Waals surface area contributed by atoms with E-state index >= 15 is 0 Å². The minimum absolute atomic E-state index is 0.0568. The average molecular weight is 480 g/mol. The van der Waals surface area contributed by atoms with E-state index in [2.05, 4.69) is 21.2 Å². The van der Waals surface area contributed by atoms with Gasteiger partial charge >= 0.3 is 0 Å². The molecule has 1 fully saturated rings. The Hall–Kier alpha value is -1.99. The molecule has 9 heteroatoms. The first-order valence-corrected chi connectivity index (χ1v) is 11.7. The minimum Gasteiger partial charge on any atom is -0.321 e. The number of piperidine rings is 1. The number of hydrogen-bond acceptors (Lipinski definition) is 5. The molecule has 28 heavy (non-hydrogen) atoms. The summed E-state index contributed by atoms with van der Waals surface area (Å²) in [7, 11) is -3.59. The van der Waals surface area contributed by atoms with E-state index in [1.807, 2.05) is 12.1 Å². The average Bonchev–Trinajstić information content (AvgIpc) is 3.11. The second-order valence-corrected chi connectivity index (χ2v) is 10.7. The van der Waals surface area contributed by atoms with Crippen molar-refractivity contribution < 1.29 is 13.2 Å². The SMILES string of the molecule is N#C/C(=C\c1ccc(Br)s1)C(=O)Nc1cccc(S(=O)(=O)N2CCCCC2)c1. The first-order chi connectivity index (χ1) is 13.4. The van der Waals surface area contributed by atoms with Gasteiger partial charge in [0.25, 0.3) is 5.91 Å². The lowest BCUT2D eigenvalue weighted by Crippen LogP contribution is -2.35. The summed E-state index contributed by atoms with van der Waals surface area (Å²) in [6.07, 6.45) is 4.24. The van der Waals surface area contributed by atoms with Gasteiger partial charge in [0.1, 0.15) is 11.6 Å². The van der Waals surface area contributed by atoms with Crippen molar-refractivity contribution in [1.82, 2.24) is 4.31 Å². The number of benzene rings is 1. The Kier molecular flexibility index (Phi) is 6.67. The van der Waals surface area contributed by atoms with E-state index in [0.29, 0.717) is 18.8 Å². The van der Waals surface area contributed by atoms with Gasteiger partial charge in [0, 0.05) is 23.7 Å². The van der Waals surface area contributed by atoms with Crippen LogP contribution in [0.2, 0.25) is 0 Å². The molecule has 1 aromatic heterocycles. The molecule has 3 rings (SSSR count). The highest BCUT2D eigenvalue weighted by Gasteiger charge is 2.26. The first kappa shape index (κ1) is 20.7. The van der Waals surface area contributed by atoms with Gasteiger partial charge in [0.2, 0.25) is 10.0 Å². The second-order valence-electron chi connectivity index (χ2n) is 6.26. The van der Waals surface area contributed by atoms with Crippen molar-refractivity contribution in [2.45, 2.75) is 24.2 Å². The third-order valence-electron chi connectivity index (χ3n) is 4.29. The zero-order valence-electron chi connectivity index (χ0n) is 14.9. The van der Waals surface area contributed by atoms with Crippen LogP contribution < -0.4 is 5.32 Å². The van der Waals surface area contributed by atoms with Crippen LogP contribution in [0.4, 0.5) is 5.69 Å². The molecule has 0 spiro atoms. The number of halogens is 1. The molecule has 2 heterocycles. The minimum atomic E-state index is -3.59. The van der Waals surface area contributed by atoms with Gasteiger partial charge in [-0.2, -0.15) is 9.57 Å². The summed E-state index contributed by atoms with van der Waals surface area (Å²) in [6, 6.07) is 11.6. The second kappa shape index (κ2) is 9.01. The number of carbonyl (C=O) groups is 1. The van der Waals surface area contributed by atoms with Crippen molar-refractivity contribution >= 4 is 55.0 Å². The maximum absolute atomic E-state index is 12.8. The number of rotatable bonds is 5. The summed E-state index contributed by atoms with van der Waals surface area (Å²) < 4.78 is 28.0. The molecule has 1 N–H and O–H groups in total. The lowest BCUT2D eigenvalue weighted by molar-refractivity contribution is -0.112. The molecule has 0 radical (unpaired) electrons. The smallest absolute Gasteiger partial charge is 0.266 e. The predicted molar refractivity (Wildman–Crippen MR) is 113 cm³/mol. The van der Waals surface area contributed by atoms with Gasteiger partial charge in [-0.1, -0.05) is 12.5 Å². The summed E-state index contributed by atoms with van der Waals surface area (Å²) in [5, 5.41) is 11.9. The molecule has 1 aromatic carbocycles. The van der Waals surface area contributed by atoms with Gasteiger partial charge in [0.15, 0.2) is 0 Å². The molecule has 1 amide bonds. The van der Waals surface area contributed by atoms with Gasteiger partial charge < -0.3 is 5.32 Å². The monoisotopic (exact) mass is 479 g/mol. The van der Waals surface area contributed by atoms with Crippen molar-refractivity contribution in [1.29, 1.82) is 5.26 Å². The fourth-order valence-electron chi connectivity index (χ4n) is 2.88. The number of thiophene rings is 1. The molecule has 0 saturated carbocycles. The van der Waals surface area contributed by atoms with E-state index < -0.39 is 15.9 Å². The molecule has 1 aliphatic rings. The lowest BCUT2D eigenvalue weighted by Gasteiger charge is -2.26. The number of nitrogens with zero attached hydrogens (tertiary/aromatic N) is 2. The van der Waals surface area contributed by atoms with Crippen LogP contribution in [0.15, 0.2) is 50.7 Å². The van der Waals surface area contributed by atoms with Crippen molar-refractivity contribution in [3.8, 4) is 6.07 Å². The normalized spacial score (nSPS) is 15.8. The van der Waals surface area contributed by atoms with Crippen molar-refractivity contribution in [3.63, 3.8) is 0 Å². The summed E-state index contributed by atoms with van der Waals surface area (Å²) in [4.78, 5) is 13.3. The molecule has 0 aliphatic carbocycles. The largest absolute Gasteiger partial charge is 0.321 e. The van der Waals surface area contributed by atoms with Crippen LogP contribution in [0.25, 0.3) is 6.08 Å². The Morgan fingerprint density at radius 2 is 1.96 bits per heavy atom. The Balaban J connectivity index is 1.79. The molecule has 1 saturated heterocycles. The third-order valence-corrected chi connectivity index (χ3v) is 7.76. The van der Waals surface area contributed by atoms with Gasteiger partial charge in [-0.3, -0.25) is 4.79 Å². The highest BCUT2D eigenvalue weighted by atomic mass is 79.9. The molecule has 6 nitrogen and oxygen atoms in total. The van der Waals surface area contributed by atoms with E-state index in [4.69, 9.17) is 0 Å². The predicted octanol–water partition coefficient (Wildman–Crippen LogP) is 4.23. The quantitative estimate of drug-likeness (QED) is 0.512. The molecular formula is C19H18BrN3O3S2. The third kappa shape index (κ3) is 4.89. The fraction of sp³-hybridized carbons (Fsp3) is 0.263. The zero-order valence-corrected chi connectivity index (χ0v) is 18.1. The van der Waals surface area contributed by atoms with E-state index in [1.54, 1.807) is 18.2 Å². The topological polar surface area (TPSA) is 90.3 Å². The Labute approximate surface area is 176 Å². The van der Waals surface area contributed by atoms with Crippen LogP contribution in [0.5, 0.6) is 0 Å². The van der Waals surface area contributed by atoms with Crippen LogP contribution in [-0.4, -0.2) is 31.7 Å². The maximum Gasteiger partial charge on any atom is 0.266 e. The summed E-state index contributed by atoms with van der Waals surface area (Å²) in [5.74, 6) is -0.584. The van der Waals surface area contributed by atoms with E-state index in [0.717, 1.165) is 27.9 Å². The summed E-state index contributed by atoms with van der Waals surface area (Å²) >= 11 is 4.74. The van der Waals surface area contributed by atoms with Gasteiger partial charge in [-0.15, -0.1) is 11.3 Å².